The van der Waals surface area contributed by atoms with Crippen LogP contribution in [0.5, 0.6) is 5.75 Å². The second-order valence-corrected chi connectivity index (χ2v) is 13.3. The fraction of sp³-hybridized carbons (Fsp3) is 0.0638. The molecule has 7 aromatic rings. The molecule has 8 bridgehead atoms. The number of hydrogen-bond acceptors (Lipinski definition) is 3. The minimum Gasteiger partial charge on any atom is -0.491 e. The molecule has 2 N–H and O–H groups in total. The maximum Gasteiger partial charge on any atom is 0.119 e. The van der Waals surface area contributed by atoms with Gasteiger partial charge in [0, 0.05) is 44.3 Å². The van der Waals surface area contributed by atoms with Crippen LogP contribution in [0.4, 0.5) is 0 Å². The molecule has 0 amide bonds. The first-order chi connectivity index (χ1) is 25.6. The Labute approximate surface area is 302 Å². The predicted molar refractivity (Wildman–Crippen MR) is 216 cm³/mol. The summed E-state index contributed by atoms with van der Waals surface area (Å²) < 4.78 is 6.01. The molecule has 5 heterocycles. The van der Waals surface area contributed by atoms with Gasteiger partial charge in [-0.2, -0.15) is 0 Å². The molecule has 0 aliphatic carbocycles. The van der Waals surface area contributed by atoms with Crippen LogP contribution in [-0.2, 0) is 0 Å². The Bertz CT molecular complexity index is 2610. The van der Waals surface area contributed by atoms with Crippen LogP contribution in [0.2, 0.25) is 0 Å². The fourth-order valence-electron chi connectivity index (χ4n) is 7.21. The Morgan fingerprint density at radius 1 is 0.385 bits per heavy atom. The van der Waals surface area contributed by atoms with Gasteiger partial charge in [-0.05, 0) is 96.8 Å². The average Bonchev–Trinajstić information content (AvgIpc) is 4.01. The molecule has 5 heteroatoms. The van der Waals surface area contributed by atoms with E-state index in [1.54, 1.807) is 0 Å². The van der Waals surface area contributed by atoms with Crippen LogP contribution in [0.1, 0.15) is 36.6 Å². The summed E-state index contributed by atoms with van der Waals surface area (Å²) in [7, 11) is 0. The molecule has 250 valence electrons. The van der Waals surface area contributed by atoms with E-state index in [4.69, 9.17) is 14.7 Å². The van der Waals surface area contributed by atoms with Crippen LogP contribution in [0, 0.1) is 0 Å². The number of hydrogen-bond donors (Lipinski definition) is 2. The lowest BCUT2D eigenvalue weighted by Crippen LogP contribution is -2.05. The van der Waals surface area contributed by atoms with Gasteiger partial charge in [0.15, 0.2) is 0 Å². The van der Waals surface area contributed by atoms with Gasteiger partial charge in [-0.3, -0.25) is 0 Å². The minimum atomic E-state index is 0.0884. The molecular weight excluding hydrogens is 637 g/mol. The summed E-state index contributed by atoms with van der Waals surface area (Å²) in [5.74, 6) is 0.836. The van der Waals surface area contributed by atoms with Crippen molar-refractivity contribution in [2.75, 3.05) is 0 Å². The zero-order valence-corrected chi connectivity index (χ0v) is 29.0. The van der Waals surface area contributed by atoms with Gasteiger partial charge in [0.2, 0.25) is 0 Å². The predicted octanol–water partition coefficient (Wildman–Crippen LogP) is 12.1. The highest BCUT2D eigenvalue weighted by Crippen LogP contribution is 2.38. The molecule has 2 aliphatic rings. The van der Waals surface area contributed by atoms with Crippen molar-refractivity contribution in [3.8, 4) is 50.3 Å². The largest absolute Gasteiger partial charge is 0.491 e. The van der Waals surface area contributed by atoms with Crippen LogP contribution in [0.15, 0.2) is 140 Å². The van der Waals surface area contributed by atoms with E-state index in [1.165, 1.54) is 0 Å². The van der Waals surface area contributed by atoms with Crippen molar-refractivity contribution in [2.45, 2.75) is 20.0 Å². The van der Waals surface area contributed by atoms with Crippen molar-refractivity contribution >= 4 is 46.4 Å². The first-order valence-electron chi connectivity index (χ1n) is 17.7. The number of nitrogens with one attached hydrogen (secondary N) is 2. The molecule has 4 aromatic carbocycles. The van der Waals surface area contributed by atoms with Crippen molar-refractivity contribution in [3.05, 3.63) is 162 Å². The lowest BCUT2D eigenvalue weighted by molar-refractivity contribution is 0.242. The van der Waals surface area contributed by atoms with Gasteiger partial charge >= 0.3 is 0 Å². The number of nitrogens with zero attached hydrogens (tertiary/aromatic N) is 2. The quantitative estimate of drug-likeness (QED) is 0.185. The summed E-state index contributed by atoms with van der Waals surface area (Å²) in [6, 6.07) is 48.4. The van der Waals surface area contributed by atoms with E-state index in [9.17, 15) is 0 Å². The number of H-pyrrole nitrogens is 2. The number of rotatable bonds is 6. The molecule has 3 aromatic heterocycles. The SMILES string of the molecule is CC(C)Oc1ccc(-c2c3nc(c(-c4ccccc4)c4ccc([nH]4)c(-c4ccccc4)c4nc(c(-c5ccccc5)c5ccc2[nH]5)C=C4)C=C3)cc1. The number of fused-ring (bicyclic) bond motifs is 8. The normalized spacial score (nSPS) is 12.1. The summed E-state index contributed by atoms with van der Waals surface area (Å²) in [5, 5.41) is 0. The lowest BCUT2D eigenvalue weighted by atomic mass is 10.0. The van der Waals surface area contributed by atoms with E-state index in [0.717, 1.165) is 95.1 Å². The van der Waals surface area contributed by atoms with Crippen LogP contribution in [0.25, 0.3) is 90.9 Å². The Hall–Kier alpha value is -6.72. The highest BCUT2D eigenvalue weighted by atomic mass is 16.5. The van der Waals surface area contributed by atoms with Crippen molar-refractivity contribution in [1.82, 2.24) is 19.9 Å². The zero-order chi connectivity index (χ0) is 35.0. The van der Waals surface area contributed by atoms with Gasteiger partial charge < -0.3 is 14.7 Å². The topological polar surface area (TPSA) is 66.6 Å². The summed E-state index contributed by atoms with van der Waals surface area (Å²) in [5.41, 5.74) is 15.8. The number of ether oxygens (including phenoxy) is 1. The minimum absolute atomic E-state index is 0.0884. The lowest BCUT2D eigenvalue weighted by Gasteiger charge is -2.11. The number of aromatic amines is 2. The Morgan fingerprint density at radius 2 is 0.692 bits per heavy atom. The van der Waals surface area contributed by atoms with Gasteiger partial charge in [-0.1, -0.05) is 103 Å². The van der Waals surface area contributed by atoms with Crippen LogP contribution < -0.4 is 4.74 Å². The molecule has 0 spiro atoms. The maximum atomic E-state index is 6.01. The molecule has 0 saturated heterocycles. The first-order valence-corrected chi connectivity index (χ1v) is 17.7. The maximum absolute atomic E-state index is 6.01. The summed E-state index contributed by atoms with van der Waals surface area (Å²) in [4.78, 5) is 18.4. The van der Waals surface area contributed by atoms with Gasteiger partial charge in [0.25, 0.3) is 0 Å². The summed E-state index contributed by atoms with van der Waals surface area (Å²) >= 11 is 0. The van der Waals surface area contributed by atoms with E-state index in [-0.39, 0.29) is 6.10 Å². The van der Waals surface area contributed by atoms with E-state index >= 15 is 0 Å². The van der Waals surface area contributed by atoms with E-state index in [2.05, 4.69) is 143 Å². The summed E-state index contributed by atoms with van der Waals surface area (Å²) in [6.07, 6.45) is 8.61. The number of aromatic nitrogens is 4. The molecule has 0 unspecified atom stereocenters. The van der Waals surface area contributed by atoms with Gasteiger partial charge in [0.1, 0.15) is 5.75 Å². The Balaban J connectivity index is 1.44. The zero-order valence-electron chi connectivity index (χ0n) is 29.0. The standard InChI is InChI=1S/C47H36N4O/c1-30(2)52-35-20-18-34(19-21-35)47-42-28-26-40(50-42)45(32-14-8-4-9-15-32)38-24-22-36(48-38)44(31-12-6-3-7-13-31)37-23-25-39(49-37)46(33-16-10-5-11-17-33)41-27-29-43(47)51-41/h3-30,48,51H,1-2H3. The molecule has 9 rings (SSSR count). The average molecular weight is 673 g/mol. The van der Waals surface area contributed by atoms with Crippen molar-refractivity contribution < 1.29 is 4.74 Å². The van der Waals surface area contributed by atoms with Gasteiger partial charge in [-0.15, -0.1) is 0 Å². The molecule has 5 nitrogen and oxygen atoms in total. The second kappa shape index (κ2) is 13.2. The monoisotopic (exact) mass is 672 g/mol. The highest BCUT2D eigenvalue weighted by molar-refractivity contribution is 5.99. The molecule has 0 atom stereocenters. The highest BCUT2D eigenvalue weighted by Gasteiger charge is 2.19. The molecule has 52 heavy (non-hydrogen) atoms. The fourth-order valence-corrected chi connectivity index (χ4v) is 7.21. The number of benzene rings is 4. The van der Waals surface area contributed by atoms with Crippen molar-refractivity contribution in [1.29, 1.82) is 0 Å². The third-order valence-corrected chi connectivity index (χ3v) is 9.46. The van der Waals surface area contributed by atoms with Gasteiger partial charge in [0.05, 0.1) is 28.9 Å². The molecular formula is C47H36N4O. The first kappa shape index (κ1) is 31.3. The van der Waals surface area contributed by atoms with Crippen molar-refractivity contribution in [3.63, 3.8) is 0 Å². The van der Waals surface area contributed by atoms with E-state index in [0.29, 0.717) is 0 Å². The van der Waals surface area contributed by atoms with Crippen LogP contribution in [0.3, 0.4) is 0 Å². The Morgan fingerprint density at radius 3 is 1.00 bits per heavy atom. The van der Waals surface area contributed by atoms with Crippen LogP contribution >= 0.6 is 0 Å². The summed E-state index contributed by atoms with van der Waals surface area (Å²) in [6.45, 7) is 4.08. The molecule has 2 aliphatic heterocycles. The van der Waals surface area contributed by atoms with E-state index < -0.39 is 0 Å². The molecule has 0 fully saturated rings. The third-order valence-electron chi connectivity index (χ3n) is 9.46. The Kier molecular flexibility index (Phi) is 7.94. The second-order valence-electron chi connectivity index (χ2n) is 13.3. The van der Waals surface area contributed by atoms with Gasteiger partial charge in [-0.25, -0.2) is 9.97 Å². The van der Waals surface area contributed by atoms with E-state index in [1.807, 2.05) is 44.2 Å². The molecule has 0 saturated carbocycles. The van der Waals surface area contributed by atoms with Crippen molar-refractivity contribution in [2.24, 2.45) is 0 Å². The third kappa shape index (κ3) is 5.82. The molecule has 0 radical (unpaired) electrons. The smallest absolute Gasteiger partial charge is 0.119 e. The van der Waals surface area contributed by atoms with Crippen LogP contribution in [-0.4, -0.2) is 26.0 Å².